The van der Waals surface area contributed by atoms with E-state index in [-0.39, 0.29) is 21.5 Å². The molecular weight excluding hydrogens is 333 g/mol. The van der Waals surface area contributed by atoms with Crippen molar-refractivity contribution in [2.75, 3.05) is 0 Å². The number of hydrogen-bond acceptors (Lipinski definition) is 4. The number of nitro benzene ring substituents is 1. The summed E-state index contributed by atoms with van der Waals surface area (Å²) in [5, 5.41) is 10.7. The lowest BCUT2D eigenvalue weighted by atomic mass is 10.2. The molecule has 0 unspecified atom stereocenters. The van der Waals surface area contributed by atoms with Gasteiger partial charge in [-0.15, -0.1) is 0 Å². The first kappa shape index (κ1) is 14.1. The predicted octanol–water partition coefficient (Wildman–Crippen LogP) is 4.10. The molecule has 0 aliphatic heterocycles. The van der Waals surface area contributed by atoms with Gasteiger partial charge in [0.2, 0.25) is 0 Å². The van der Waals surface area contributed by atoms with Crippen LogP contribution in [0.5, 0.6) is 11.5 Å². The summed E-state index contributed by atoms with van der Waals surface area (Å²) in [6, 6.07) is 7.83. The second-order valence-corrected chi connectivity index (χ2v) is 4.63. The first-order chi connectivity index (χ1) is 9.51. The van der Waals surface area contributed by atoms with E-state index in [0.29, 0.717) is 12.0 Å². The van der Waals surface area contributed by atoms with E-state index < -0.39 is 10.7 Å². The van der Waals surface area contributed by atoms with E-state index >= 15 is 0 Å². The summed E-state index contributed by atoms with van der Waals surface area (Å²) in [7, 11) is 0. The Bertz CT molecular complexity index is 690. The molecule has 0 spiro atoms. The Kier molecular flexibility index (Phi) is 4.09. The number of hydrogen-bond donors (Lipinski definition) is 0. The highest BCUT2D eigenvalue weighted by atomic mass is 79.9. The molecule has 0 heterocycles. The van der Waals surface area contributed by atoms with Crippen molar-refractivity contribution in [3.8, 4) is 11.5 Å². The third-order valence-electron chi connectivity index (χ3n) is 2.45. The molecule has 0 radical (unpaired) electrons. The van der Waals surface area contributed by atoms with Crippen LogP contribution in [0.1, 0.15) is 10.4 Å². The van der Waals surface area contributed by atoms with Crippen molar-refractivity contribution in [1.29, 1.82) is 0 Å². The van der Waals surface area contributed by atoms with Crippen LogP contribution < -0.4 is 4.74 Å². The molecule has 0 aromatic heterocycles. The van der Waals surface area contributed by atoms with Crippen molar-refractivity contribution in [3.05, 3.63) is 62.4 Å². The van der Waals surface area contributed by atoms with Crippen LogP contribution in [0.2, 0.25) is 0 Å². The van der Waals surface area contributed by atoms with Crippen LogP contribution in [-0.4, -0.2) is 11.2 Å². The largest absolute Gasteiger partial charge is 0.457 e. The maximum absolute atomic E-state index is 13.1. The van der Waals surface area contributed by atoms with Gasteiger partial charge in [0.1, 0.15) is 17.3 Å². The molecule has 0 amide bonds. The molecule has 7 heteroatoms. The molecule has 20 heavy (non-hydrogen) atoms. The minimum atomic E-state index is -0.651. The smallest absolute Gasteiger partial charge is 0.280 e. The Hall–Kier alpha value is -2.28. The maximum Gasteiger partial charge on any atom is 0.280 e. The van der Waals surface area contributed by atoms with Gasteiger partial charge in [0, 0.05) is 6.07 Å². The van der Waals surface area contributed by atoms with Crippen molar-refractivity contribution in [3.63, 3.8) is 0 Å². The number of aldehydes is 1. The monoisotopic (exact) mass is 339 g/mol. The Balaban J connectivity index is 2.32. The van der Waals surface area contributed by atoms with Gasteiger partial charge in [-0.25, -0.2) is 4.39 Å². The number of benzene rings is 2. The predicted molar refractivity (Wildman–Crippen MR) is 72.7 cm³/mol. The fraction of sp³-hybridized carbons (Fsp3) is 0. The molecule has 0 fully saturated rings. The van der Waals surface area contributed by atoms with Crippen LogP contribution in [0.3, 0.4) is 0 Å². The molecule has 0 aliphatic rings. The lowest BCUT2D eigenvalue weighted by Gasteiger charge is -2.07. The van der Waals surface area contributed by atoms with Gasteiger partial charge in [0.15, 0.2) is 6.29 Å². The van der Waals surface area contributed by atoms with Gasteiger partial charge in [-0.1, -0.05) is 0 Å². The quantitative estimate of drug-likeness (QED) is 0.477. The van der Waals surface area contributed by atoms with E-state index in [2.05, 4.69) is 15.9 Å². The molecule has 2 rings (SSSR count). The lowest BCUT2D eigenvalue weighted by Crippen LogP contribution is -1.95. The molecular formula is C13H7BrFNO4. The van der Waals surface area contributed by atoms with E-state index in [1.807, 2.05) is 0 Å². The highest BCUT2D eigenvalue weighted by Gasteiger charge is 2.14. The average Bonchev–Trinajstić information content (AvgIpc) is 2.42. The van der Waals surface area contributed by atoms with Gasteiger partial charge in [0.25, 0.3) is 5.69 Å². The zero-order chi connectivity index (χ0) is 14.7. The molecule has 2 aromatic rings. The lowest BCUT2D eigenvalue weighted by molar-refractivity contribution is -0.385. The summed E-state index contributed by atoms with van der Waals surface area (Å²) >= 11 is 3.02. The third-order valence-corrected chi connectivity index (χ3v) is 3.06. The van der Waals surface area contributed by atoms with Crippen LogP contribution in [-0.2, 0) is 0 Å². The van der Waals surface area contributed by atoms with Crippen molar-refractivity contribution >= 4 is 27.9 Å². The number of carbonyl (C=O) groups excluding carboxylic acids is 1. The van der Waals surface area contributed by atoms with E-state index in [0.717, 1.165) is 0 Å². The number of rotatable bonds is 4. The molecule has 102 valence electrons. The third kappa shape index (κ3) is 3.00. The first-order valence-electron chi connectivity index (χ1n) is 5.38. The van der Waals surface area contributed by atoms with Crippen molar-refractivity contribution in [2.45, 2.75) is 0 Å². The Morgan fingerprint density at radius 2 is 1.85 bits per heavy atom. The normalized spacial score (nSPS) is 10.1. The van der Waals surface area contributed by atoms with Crippen LogP contribution in [0.15, 0.2) is 40.9 Å². The second kappa shape index (κ2) is 5.79. The van der Waals surface area contributed by atoms with Gasteiger partial charge < -0.3 is 4.74 Å². The van der Waals surface area contributed by atoms with E-state index in [1.54, 1.807) is 0 Å². The van der Waals surface area contributed by atoms with Crippen molar-refractivity contribution in [2.24, 2.45) is 0 Å². The summed E-state index contributed by atoms with van der Waals surface area (Å²) < 4.78 is 18.7. The second-order valence-electron chi connectivity index (χ2n) is 3.77. The fourth-order valence-electron chi connectivity index (χ4n) is 1.53. The average molecular weight is 340 g/mol. The highest BCUT2D eigenvalue weighted by molar-refractivity contribution is 9.10. The highest BCUT2D eigenvalue weighted by Crippen LogP contribution is 2.29. The molecule has 0 saturated heterocycles. The van der Waals surface area contributed by atoms with Gasteiger partial charge in [0.05, 0.1) is 15.0 Å². The Morgan fingerprint density at radius 3 is 2.45 bits per heavy atom. The standard InChI is InChI=1S/C13H7BrFNO4/c14-11-6-10(1-3-12(11)15)20-9-2-4-13(16(18)19)8(5-9)7-17/h1-7H. The van der Waals surface area contributed by atoms with Crippen molar-refractivity contribution < 1.29 is 18.8 Å². The molecule has 5 nitrogen and oxygen atoms in total. The summed E-state index contributed by atoms with van der Waals surface area (Å²) in [6.45, 7) is 0. The number of ether oxygens (including phenoxy) is 1. The Labute approximate surface area is 121 Å². The van der Waals surface area contributed by atoms with E-state index in [4.69, 9.17) is 4.74 Å². The van der Waals surface area contributed by atoms with Crippen LogP contribution >= 0.6 is 15.9 Å². The molecule has 0 N–H and O–H groups in total. The SMILES string of the molecule is O=Cc1cc(Oc2ccc(F)c(Br)c2)ccc1[N+](=O)[O-]. The first-order valence-corrected chi connectivity index (χ1v) is 6.17. The zero-order valence-electron chi connectivity index (χ0n) is 9.88. The minimum Gasteiger partial charge on any atom is -0.457 e. The summed E-state index contributed by atoms with van der Waals surface area (Å²) in [4.78, 5) is 20.9. The van der Waals surface area contributed by atoms with Gasteiger partial charge in [-0.05, 0) is 46.3 Å². The molecule has 2 aromatic carbocycles. The zero-order valence-corrected chi connectivity index (χ0v) is 11.5. The molecule has 0 saturated carbocycles. The topological polar surface area (TPSA) is 69.4 Å². The fourth-order valence-corrected chi connectivity index (χ4v) is 1.89. The number of nitrogens with zero attached hydrogens (tertiary/aromatic N) is 1. The van der Waals surface area contributed by atoms with E-state index in [1.165, 1.54) is 36.4 Å². The Morgan fingerprint density at radius 1 is 1.20 bits per heavy atom. The van der Waals surface area contributed by atoms with Gasteiger partial charge >= 0.3 is 0 Å². The number of halogens is 2. The summed E-state index contributed by atoms with van der Waals surface area (Å²) in [5.41, 5.74) is -0.388. The maximum atomic E-state index is 13.1. The van der Waals surface area contributed by atoms with Crippen LogP contribution in [0, 0.1) is 15.9 Å². The van der Waals surface area contributed by atoms with Crippen molar-refractivity contribution in [1.82, 2.24) is 0 Å². The molecule has 0 atom stereocenters. The van der Waals surface area contributed by atoms with Crippen LogP contribution in [0.25, 0.3) is 0 Å². The van der Waals surface area contributed by atoms with E-state index in [9.17, 15) is 19.3 Å². The van der Waals surface area contributed by atoms with Gasteiger partial charge in [-0.3, -0.25) is 14.9 Å². The summed E-state index contributed by atoms with van der Waals surface area (Å²) in [6.07, 6.45) is 0.381. The number of carbonyl (C=O) groups is 1. The minimum absolute atomic E-state index is 0.0892. The molecule has 0 aliphatic carbocycles. The van der Waals surface area contributed by atoms with Gasteiger partial charge in [-0.2, -0.15) is 0 Å². The summed E-state index contributed by atoms with van der Waals surface area (Å²) in [5.74, 6) is 0.148. The van der Waals surface area contributed by atoms with Crippen LogP contribution in [0.4, 0.5) is 10.1 Å². The molecule has 0 bridgehead atoms. The number of nitro groups is 1.